The van der Waals surface area contributed by atoms with Crippen LogP contribution in [-0.4, -0.2) is 60.6 Å². The van der Waals surface area contributed by atoms with Gasteiger partial charge in [0.2, 0.25) is 11.8 Å². The zero-order valence-corrected chi connectivity index (χ0v) is 20.6. The highest BCUT2D eigenvalue weighted by molar-refractivity contribution is 7.10. The van der Waals surface area contributed by atoms with E-state index in [0.29, 0.717) is 19.7 Å². The summed E-state index contributed by atoms with van der Waals surface area (Å²) in [5, 5.41) is 2.09. The Balaban J connectivity index is 1.49. The maximum absolute atomic E-state index is 13.5. The third kappa shape index (κ3) is 5.76. The van der Waals surface area contributed by atoms with E-state index in [1.165, 1.54) is 10.4 Å². The molecule has 1 aromatic carbocycles. The van der Waals surface area contributed by atoms with Gasteiger partial charge in [-0.1, -0.05) is 31.5 Å². The predicted molar refractivity (Wildman–Crippen MR) is 130 cm³/mol. The molecule has 2 atom stereocenters. The molecule has 2 aliphatic rings. The normalized spacial score (nSPS) is 20.1. The third-order valence-electron chi connectivity index (χ3n) is 6.42. The second kappa shape index (κ2) is 10.7. The number of amides is 2. The van der Waals surface area contributed by atoms with Crippen LogP contribution >= 0.6 is 11.3 Å². The molecule has 0 saturated carbocycles. The Bertz CT molecular complexity index is 949. The van der Waals surface area contributed by atoms with Crippen molar-refractivity contribution < 1.29 is 19.1 Å². The van der Waals surface area contributed by atoms with Gasteiger partial charge in [-0.3, -0.25) is 9.59 Å². The molecule has 33 heavy (non-hydrogen) atoms. The van der Waals surface area contributed by atoms with Crippen molar-refractivity contribution in [3.63, 3.8) is 0 Å². The number of fused-ring (bicyclic) bond motifs is 1. The van der Waals surface area contributed by atoms with Crippen molar-refractivity contribution >= 4 is 23.2 Å². The highest BCUT2D eigenvalue weighted by atomic mass is 32.1. The summed E-state index contributed by atoms with van der Waals surface area (Å²) in [4.78, 5) is 31.4. The van der Waals surface area contributed by atoms with E-state index in [1.54, 1.807) is 16.2 Å². The largest absolute Gasteiger partial charge is 0.491 e. The lowest BCUT2D eigenvalue weighted by molar-refractivity contribution is -0.145. The van der Waals surface area contributed by atoms with E-state index >= 15 is 0 Å². The fraction of sp³-hybridized carbons (Fsp3) is 0.538. The second-order valence-electron chi connectivity index (χ2n) is 9.28. The molecule has 4 rings (SSSR count). The molecule has 2 amide bonds. The van der Waals surface area contributed by atoms with Gasteiger partial charge in [0.1, 0.15) is 12.4 Å². The molecule has 6 nitrogen and oxygen atoms in total. The van der Waals surface area contributed by atoms with Gasteiger partial charge in [0.15, 0.2) is 0 Å². The molecule has 0 aliphatic carbocycles. The average Bonchev–Trinajstić information content (AvgIpc) is 3.49. The van der Waals surface area contributed by atoms with Crippen molar-refractivity contribution in [2.45, 2.75) is 52.2 Å². The molecule has 0 radical (unpaired) electrons. The monoisotopic (exact) mass is 470 g/mol. The van der Waals surface area contributed by atoms with Crippen molar-refractivity contribution in [3.8, 4) is 5.75 Å². The van der Waals surface area contributed by atoms with E-state index in [2.05, 4.69) is 11.4 Å². The number of carbonyl (C=O) groups is 2. The fourth-order valence-electron chi connectivity index (χ4n) is 4.57. The molecule has 0 bridgehead atoms. The predicted octanol–water partition coefficient (Wildman–Crippen LogP) is 4.22. The standard InChI is InChI=1S/C26H34N2O4S/c1-18(2)26(30)27(15-21-5-4-13-31-21)16-25(29)28-12-10-24-22(11-14-33-24)23(28)17-32-20-8-6-19(3)7-9-20/h6-9,11,14,18,21,23H,4-5,10,12-13,15-17H2,1-3H3/t21-,23+/m0/s1. The lowest BCUT2D eigenvalue weighted by atomic mass is 10.00. The van der Waals surface area contributed by atoms with Gasteiger partial charge in [-0.2, -0.15) is 0 Å². The van der Waals surface area contributed by atoms with Crippen molar-refractivity contribution in [3.05, 3.63) is 51.7 Å². The first-order valence-corrected chi connectivity index (χ1v) is 12.8. The van der Waals surface area contributed by atoms with Crippen LogP contribution in [0.5, 0.6) is 5.75 Å². The first kappa shape index (κ1) is 23.8. The molecule has 2 aromatic rings. The number of hydrogen-bond acceptors (Lipinski definition) is 5. The van der Waals surface area contributed by atoms with Gasteiger partial charge in [0.05, 0.1) is 18.7 Å². The minimum Gasteiger partial charge on any atom is -0.491 e. The highest BCUT2D eigenvalue weighted by Crippen LogP contribution is 2.34. The van der Waals surface area contributed by atoms with Gasteiger partial charge in [-0.25, -0.2) is 0 Å². The summed E-state index contributed by atoms with van der Waals surface area (Å²) in [6, 6.07) is 9.91. The van der Waals surface area contributed by atoms with Crippen LogP contribution < -0.4 is 4.74 Å². The summed E-state index contributed by atoms with van der Waals surface area (Å²) < 4.78 is 11.9. The van der Waals surface area contributed by atoms with E-state index < -0.39 is 0 Å². The maximum atomic E-state index is 13.5. The van der Waals surface area contributed by atoms with Crippen molar-refractivity contribution in [2.75, 3.05) is 32.8 Å². The SMILES string of the molecule is Cc1ccc(OC[C@@H]2c3ccsc3CCN2C(=O)CN(C[C@@H]2CCCO2)C(=O)C(C)C)cc1. The van der Waals surface area contributed by atoms with Crippen LogP contribution in [0.2, 0.25) is 0 Å². The quantitative estimate of drug-likeness (QED) is 0.580. The smallest absolute Gasteiger partial charge is 0.242 e. The Morgan fingerprint density at radius 3 is 2.73 bits per heavy atom. The maximum Gasteiger partial charge on any atom is 0.242 e. The molecule has 2 aliphatic heterocycles. The summed E-state index contributed by atoms with van der Waals surface area (Å²) in [7, 11) is 0. The number of ether oxygens (including phenoxy) is 2. The van der Waals surface area contributed by atoms with E-state index in [4.69, 9.17) is 9.47 Å². The molecule has 1 aromatic heterocycles. The van der Waals surface area contributed by atoms with Crippen LogP contribution in [0.1, 0.15) is 48.7 Å². The van der Waals surface area contributed by atoms with Crippen LogP contribution in [0.3, 0.4) is 0 Å². The Labute approximate surface area is 200 Å². The lowest BCUT2D eigenvalue weighted by Crippen LogP contribution is -2.50. The molecule has 178 valence electrons. The van der Waals surface area contributed by atoms with Gasteiger partial charge in [0.25, 0.3) is 0 Å². The van der Waals surface area contributed by atoms with Gasteiger partial charge in [-0.15, -0.1) is 11.3 Å². The first-order valence-electron chi connectivity index (χ1n) is 11.9. The van der Waals surface area contributed by atoms with E-state index in [1.807, 2.05) is 49.9 Å². The summed E-state index contributed by atoms with van der Waals surface area (Å²) >= 11 is 1.74. The molecule has 0 unspecified atom stereocenters. The topological polar surface area (TPSA) is 59.1 Å². The summed E-state index contributed by atoms with van der Waals surface area (Å²) in [6.07, 6.45) is 2.80. The first-order chi connectivity index (χ1) is 15.9. The molecule has 1 fully saturated rings. The lowest BCUT2D eigenvalue weighted by Gasteiger charge is -2.37. The number of aryl methyl sites for hydroxylation is 1. The molecular formula is C26H34N2O4S. The Morgan fingerprint density at radius 1 is 1.24 bits per heavy atom. The van der Waals surface area contributed by atoms with Crippen LogP contribution in [0.25, 0.3) is 0 Å². The minimum atomic E-state index is -0.162. The molecule has 1 saturated heterocycles. The fourth-order valence-corrected chi connectivity index (χ4v) is 5.50. The summed E-state index contributed by atoms with van der Waals surface area (Å²) in [6.45, 7) is 8.12. The van der Waals surface area contributed by atoms with Gasteiger partial charge in [-0.05, 0) is 55.3 Å². The third-order valence-corrected chi connectivity index (χ3v) is 7.42. The van der Waals surface area contributed by atoms with Gasteiger partial charge >= 0.3 is 0 Å². The van der Waals surface area contributed by atoms with Crippen molar-refractivity contribution in [1.29, 1.82) is 0 Å². The number of nitrogens with zero attached hydrogens (tertiary/aromatic N) is 2. The molecule has 3 heterocycles. The molecule has 7 heteroatoms. The van der Waals surface area contributed by atoms with Crippen LogP contribution in [-0.2, 0) is 20.7 Å². The highest BCUT2D eigenvalue weighted by Gasteiger charge is 2.34. The van der Waals surface area contributed by atoms with Crippen molar-refractivity contribution in [1.82, 2.24) is 9.80 Å². The van der Waals surface area contributed by atoms with Crippen molar-refractivity contribution in [2.24, 2.45) is 5.92 Å². The zero-order valence-electron chi connectivity index (χ0n) is 19.8. The minimum absolute atomic E-state index is 0.000429. The van der Waals surface area contributed by atoms with Gasteiger partial charge in [0, 0.05) is 30.5 Å². The molecule has 0 spiro atoms. The van der Waals surface area contributed by atoms with Crippen LogP contribution in [0.15, 0.2) is 35.7 Å². The number of hydrogen-bond donors (Lipinski definition) is 0. The second-order valence-corrected chi connectivity index (χ2v) is 10.3. The zero-order chi connectivity index (χ0) is 23.4. The summed E-state index contributed by atoms with van der Waals surface area (Å²) in [5.74, 6) is 0.603. The Morgan fingerprint density at radius 2 is 2.03 bits per heavy atom. The number of benzene rings is 1. The van der Waals surface area contributed by atoms with E-state index in [-0.39, 0.29) is 36.4 Å². The van der Waals surface area contributed by atoms with Gasteiger partial charge < -0.3 is 19.3 Å². The summed E-state index contributed by atoms with van der Waals surface area (Å²) in [5.41, 5.74) is 2.34. The Kier molecular flexibility index (Phi) is 7.71. The van der Waals surface area contributed by atoms with E-state index in [0.717, 1.165) is 37.2 Å². The number of thiophene rings is 1. The number of carbonyl (C=O) groups excluding carboxylic acids is 2. The van der Waals surface area contributed by atoms with E-state index in [9.17, 15) is 9.59 Å². The molecular weight excluding hydrogens is 436 g/mol. The van der Waals surface area contributed by atoms with Crippen LogP contribution in [0.4, 0.5) is 0 Å². The average molecular weight is 471 g/mol. The molecule has 0 N–H and O–H groups in total. The Hall–Kier alpha value is -2.38. The van der Waals surface area contributed by atoms with Crippen LogP contribution in [0, 0.1) is 12.8 Å². The number of rotatable bonds is 8.